The fraction of sp³-hybridized carbons (Fsp3) is 0.591. The molecule has 29 heavy (non-hydrogen) atoms. The molecule has 4 aliphatic rings. The molecule has 4 aliphatic heterocycles. The first-order valence-electron chi connectivity index (χ1n) is 10.8. The van der Waals surface area contributed by atoms with Crippen molar-refractivity contribution in [2.75, 3.05) is 26.2 Å². The van der Waals surface area contributed by atoms with E-state index >= 15 is 0 Å². The number of piperidine rings is 1. The summed E-state index contributed by atoms with van der Waals surface area (Å²) in [6.07, 6.45) is 3.20. The molecule has 1 aromatic carbocycles. The fourth-order valence-electron chi connectivity index (χ4n) is 5.41. The molecule has 0 aromatic heterocycles. The minimum atomic E-state index is -0.547. The minimum absolute atomic E-state index is 0.101. The fourth-order valence-corrected chi connectivity index (χ4v) is 5.41. The average molecular weight is 396 g/mol. The highest BCUT2D eigenvalue weighted by atomic mass is 16.2. The number of likely N-dealkylation sites (tertiary alicyclic amines) is 1. The van der Waals surface area contributed by atoms with Gasteiger partial charge in [-0.25, -0.2) is 0 Å². The molecule has 0 radical (unpaired) electrons. The van der Waals surface area contributed by atoms with Gasteiger partial charge in [-0.1, -0.05) is 12.1 Å². The van der Waals surface area contributed by atoms with Crippen molar-refractivity contribution >= 4 is 17.7 Å². The number of nitrogens with one attached hydrogen (secondary N) is 2. The largest absolute Gasteiger partial charge is 0.322 e. The molecule has 5 rings (SSSR count). The van der Waals surface area contributed by atoms with Crippen molar-refractivity contribution in [3.8, 4) is 0 Å². The van der Waals surface area contributed by atoms with Crippen LogP contribution in [0.4, 0.5) is 0 Å². The van der Waals surface area contributed by atoms with Crippen LogP contribution in [0.3, 0.4) is 0 Å². The van der Waals surface area contributed by atoms with Crippen LogP contribution in [-0.4, -0.2) is 59.7 Å². The van der Waals surface area contributed by atoms with Crippen LogP contribution in [0.2, 0.25) is 0 Å². The van der Waals surface area contributed by atoms with Gasteiger partial charge in [0.1, 0.15) is 6.04 Å². The van der Waals surface area contributed by atoms with E-state index in [1.54, 1.807) is 4.90 Å². The highest BCUT2D eigenvalue weighted by Crippen LogP contribution is 2.30. The van der Waals surface area contributed by atoms with E-state index in [2.05, 4.69) is 27.7 Å². The summed E-state index contributed by atoms with van der Waals surface area (Å²) in [5, 5.41) is 5.88. The predicted octanol–water partition coefficient (Wildman–Crippen LogP) is 0.879. The Morgan fingerprint density at radius 1 is 1.00 bits per heavy atom. The molecule has 0 aliphatic carbocycles. The molecule has 0 saturated carbocycles. The SMILES string of the molecule is O=C1CCC(N2Cc3cc(CN4CC[C@@H]5CNC[C@@H]5CC4)ccc3C2=O)C(=O)N1. The molecular formula is C22H28N4O3. The summed E-state index contributed by atoms with van der Waals surface area (Å²) in [4.78, 5) is 40.6. The van der Waals surface area contributed by atoms with Gasteiger partial charge in [-0.15, -0.1) is 0 Å². The van der Waals surface area contributed by atoms with Crippen molar-refractivity contribution in [3.63, 3.8) is 0 Å². The maximum absolute atomic E-state index is 12.8. The van der Waals surface area contributed by atoms with Gasteiger partial charge in [-0.3, -0.25) is 24.6 Å². The molecule has 3 amide bonds. The molecule has 3 fully saturated rings. The van der Waals surface area contributed by atoms with Gasteiger partial charge in [0.25, 0.3) is 5.91 Å². The van der Waals surface area contributed by atoms with Crippen molar-refractivity contribution in [1.29, 1.82) is 0 Å². The van der Waals surface area contributed by atoms with Gasteiger partial charge in [0.15, 0.2) is 0 Å². The summed E-state index contributed by atoms with van der Waals surface area (Å²) < 4.78 is 0. The van der Waals surface area contributed by atoms with E-state index in [1.807, 2.05) is 6.07 Å². The van der Waals surface area contributed by atoms with Crippen LogP contribution in [0.15, 0.2) is 18.2 Å². The van der Waals surface area contributed by atoms with Gasteiger partial charge in [0.05, 0.1) is 0 Å². The molecule has 2 N–H and O–H groups in total. The van der Waals surface area contributed by atoms with Crippen molar-refractivity contribution < 1.29 is 14.4 Å². The number of rotatable bonds is 3. The number of hydrogen-bond donors (Lipinski definition) is 2. The first kappa shape index (κ1) is 18.8. The molecule has 0 spiro atoms. The highest BCUT2D eigenvalue weighted by Gasteiger charge is 2.39. The number of fused-ring (bicyclic) bond motifs is 2. The van der Waals surface area contributed by atoms with Gasteiger partial charge in [-0.05, 0) is 74.5 Å². The van der Waals surface area contributed by atoms with Gasteiger partial charge < -0.3 is 10.2 Å². The van der Waals surface area contributed by atoms with E-state index in [-0.39, 0.29) is 24.1 Å². The summed E-state index contributed by atoms with van der Waals surface area (Å²) in [6, 6.07) is 5.55. The number of hydrogen-bond acceptors (Lipinski definition) is 5. The van der Waals surface area contributed by atoms with Crippen LogP contribution in [0.25, 0.3) is 0 Å². The topological polar surface area (TPSA) is 81.8 Å². The average Bonchev–Trinajstić information content (AvgIpc) is 3.23. The second-order valence-electron chi connectivity index (χ2n) is 8.92. The minimum Gasteiger partial charge on any atom is -0.322 e. The zero-order valence-electron chi connectivity index (χ0n) is 16.7. The Hall–Kier alpha value is -2.25. The van der Waals surface area contributed by atoms with Crippen LogP contribution in [0.1, 0.15) is 47.2 Å². The summed E-state index contributed by atoms with van der Waals surface area (Å²) in [7, 11) is 0. The lowest BCUT2D eigenvalue weighted by Gasteiger charge is -2.29. The number of carbonyl (C=O) groups is 3. The molecule has 1 aromatic rings. The third-order valence-corrected chi connectivity index (χ3v) is 7.11. The Kier molecular flexibility index (Phi) is 4.87. The monoisotopic (exact) mass is 396 g/mol. The Labute approximate surface area is 170 Å². The first-order valence-corrected chi connectivity index (χ1v) is 10.8. The molecule has 1 unspecified atom stereocenters. The maximum atomic E-state index is 12.8. The van der Waals surface area contributed by atoms with E-state index in [4.69, 9.17) is 0 Å². The van der Waals surface area contributed by atoms with Crippen LogP contribution in [-0.2, 0) is 22.7 Å². The van der Waals surface area contributed by atoms with E-state index in [0.717, 1.165) is 50.1 Å². The molecular weight excluding hydrogens is 368 g/mol. The van der Waals surface area contributed by atoms with Gasteiger partial charge in [0.2, 0.25) is 11.8 Å². The van der Waals surface area contributed by atoms with Crippen LogP contribution >= 0.6 is 0 Å². The normalized spacial score (nSPS) is 30.1. The third kappa shape index (κ3) is 3.57. The Morgan fingerprint density at radius 3 is 2.48 bits per heavy atom. The lowest BCUT2D eigenvalue weighted by atomic mass is 9.92. The molecule has 0 bridgehead atoms. The zero-order valence-corrected chi connectivity index (χ0v) is 16.7. The number of imide groups is 1. The Morgan fingerprint density at radius 2 is 1.76 bits per heavy atom. The van der Waals surface area contributed by atoms with Crippen molar-refractivity contribution in [2.45, 2.75) is 44.8 Å². The number of nitrogens with zero attached hydrogens (tertiary/aromatic N) is 2. The highest BCUT2D eigenvalue weighted by molar-refractivity contribution is 6.05. The molecule has 154 valence electrons. The molecule has 3 atom stereocenters. The standard InChI is InChI=1S/C22H28N4O3/c27-20-4-3-19(21(28)24-20)26-13-17-9-14(1-2-18(17)22(26)29)12-25-7-5-15-10-23-11-16(15)6-8-25/h1-2,9,15-16,19,23H,3-8,10-13H2,(H,24,27,28)/t15-,16+,19?. The lowest BCUT2D eigenvalue weighted by molar-refractivity contribution is -0.136. The second-order valence-corrected chi connectivity index (χ2v) is 8.92. The van der Waals surface area contributed by atoms with Gasteiger partial charge in [-0.2, -0.15) is 0 Å². The third-order valence-electron chi connectivity index (χ3n) is 7.11. The summed E-state index contributed by atoms with van der Waals surface area (Å²) in [5.74, 6) is 0.929. The Balaban J connectivity index is 1.26. The summed E-state index contributed by atoms with van der Waals surface area (Å²) in [6.45, 7) is 5.94. The summed E-state index contributed by atoms with van der Waals surface area (Å²) in [5.41, 5.74) is 2.91. The molecule has 4 heterocycles. The molecule has 7 nitrogen and oxygen atoms in total. The van der Waals surface area contributed by atoms with Crippen LogP contribution < -0.4 is 10.6 Å². The smallest absolute Gasteiger partial charge is 0.255 e. The van der Waals surface area contributed by atoms with E-state index in [9.17, 15) is 14.4 Å². The van der Waals surface area contributed by atoms with Gasteiger partial charge in [0, 0.05) is 25.1 Å². The number of carbonyl (C=O) groups excluding carboxylic acids is 3. The molecule has 7 heteroatoms. The van der Waals surface area contributed by atoms with Crippen LogP contribution in [0.5, 0.6) is 0 Å². The van der Waals surface area contributed by atoms with E-state index in [0.29, 0.717) is 18.5 Å². The second kappa shape index (κ2) is 7.54. The van der Waals surface area contributed by atoms with Gasteiger partial charge >= 0.3 is 0 Å². The Bertz CT molecular complexity index is 840. The van der Waals surface area contributed by atoms with E-state index < -0.39 is 6.04 Å². The van der Waals surface area contributed by atoms with E-state index in [1.165, 1.54) is 18.4 Å². The van der Waals surface area contributed by atoms with Crippen molar-refractivity contribution in [1.82, 2.24) is 20.4 Å². The van der Waals surface area contributed by atoms with Crippen LogP contribution in [0, 0.1) is 11.8 Å². The quantitative estimate of drug-likeness (QED) is 0.742. The lowest BCUT2D eigenvalue weighted by Crippen LogP contribution is -2.52. The first-order chi connectivity index (χ1) is 14.1. The number of amides is 3. The van der Waals surface area contributed by atoms with Crippen molar-refractivity contribution in [3.05, 3.63) is 34.9 Å². The number of benzene rings is 1. The molecule has 3 saturated heterocycles. The predicted molar refractivity (Wildman–Crippen MR) is 107 cm³/mol. The van der Waals surface area contributed by atoms with Crippen molar-refractivity contribution in [2.24, 2.45) is 11.8 Å². The zero-order chi connectivity index (χ0) is 20.0. The summed E-state index contributed by atoms with van der Waals surface area (Å²) >= 11 is 0. The maximum Gasteiger partial charge on any atom is 0.255 e.